The van der Waals surface area contributed by atoms with Crippen LogP contribution in [0.15, 0.2) is 52.9 Å². The Morgan fingerprint density at radius 2 is 1.57 bits per heavy atom. The molecule has 1 N–H and O–H groups in total. The second kappa shape index (κ2) is 10.5. The van der Waals surface area contributed by atoms with Crippen molar-refractivity contribution in [2.24, 2.45) is 0 Å². The van der Waals surface area contributed by atoms with E-state index in [9.17, 15) is 4.79 Å². The van der Waals surface area contributed by atoms with E-state index in [1.165, 1.54) is 0 Å². The van der Waals surface area contributed by atoms with E-state index < -0.39 is 0 Å². The lowest BCUT2D eigenvalue weighted by Gasteiger charge is -2.17. The molecular formula is C28H30N2O5. The Bertz CT molecular complexity index is 1330. The maximum Gasteiger partial charge on any atom is 0.255 e. The van der Waals surface area contributed by atoms with Crippen LogP contribution in [0, 0.1) is 13.8 Å². The first-order valence-electron chi connectivity index (χ1n) is 11.8. The summed E-state index contributed by atoms with van der Waals surface area (Å²) in [5.41, 5.74) is 5.38. The van der Waals surface area contributed by atoms with Gasteiger partial charge in [-0.2, -0.15) is 0 Å². The average Bonchev–Trinajstić information content (AvgIpc) is 3.25. The molecule has 7 nitrogen and oxygen atoms in total. The minimum atomic E-state index is -0.289. The van der Waals surface area contributed by atoms with Crippen molar-refractivity contribution in [1.29, 1.82) is 0 Å². The van der Waals surface area contributed by atoms with Crippen molar-refractivity contribution in [3.8, 4) is 28.7 Å². The van der Waals surface area contributed by atoms with Crippen molar-refractivity contribution in [2.45, 2.75) is 34.6 Å². The molecule has 0 bridgehead atoms. The Morgan fingerprint density at radius 1 is 0.886 bits per heavy atom. The average molecular weight is 475 g/mol. The standard InChI is InChI=1S/C28H30N2O5/c1-6-32-24-15-20(16-25(33-7-2)26(24)34-8-3)27(31)29-22-14-19(11-10-18(22)5)28-30-21-12-9-17(4)13-23(21)35-28/h9-16H,6-8H2,1-5H3,(H,29,31). The van der Waals surface area contributed by atoms with Crippen molar-refractivity contribution >= 4 is 22.7 Å². The highest BCUT2D eigenvalue weighted by Gasteiger charge is 2.19. The molecule has 35 heavy (non-hydrogen) atoms. The zero-order valence-corrected chi connectivity index (χ0v) is 20.7. The minimum absolute atomic E-state index is 0.289. The van der Waals surface area contributed by atoms with Gasteiger partial charge >= 0.3 is 0 Å². The summed E-state index contributed by atoms with van der Waals surface area (Å²) in [6.45, 7) is 10.9. The molecule has 4 aromatic rings. The van der Waals surface area contributed by atoms with Gasteiger partial charge in [0.25, 0.3) is 5.91 Å². The number of anilines is 1. The lowest BCUT2D eigenvalue weighted by molar-refractivity contribution is 0.102. The Hall–Kier alpha value is -4.00. The third-order valence-electron chi connectivity index (χ3n) is 5.45. The smallest absolute Gasteiger partial charge is 0.255 e. The lowest BCUT2D eigenvalue weighted by Crippen LogP contribution is -2.14. The van der Waals surface area contributed by atoms with Crippen molar-refractivity contribution < 1.29 is 23.4 Å². The van der Waals surface area contributed by atoms with Crippen LogP contribution in [0.3, 0.4) is 0 Å². The highest BCUT2D eigenvalue weighted by Crippen LogP contribution is 2.39. The molecule has 7 heteroatoms. The van der Waals surface area contributed by atoms with Gasteiger partial charge in [0.05, 0.1) is 19.8 Å². The number of aromatic nitrogens is 1. The number of ether oxygens (including phenoxy) is 3. The van der Waals surface area contributed by atoms with E-state index in [1.54, 1.807) is 12.1 Å². The third-order valence-corrected chi connectivity index (χ3v) is 5.45. The molecule has 182 valence electrons. The summed E-state index contributed by atoms with van der Waals surface area (Å²) in [6.07, 6.45) is 0. The molecular weight excluding hydrogens is 444 g/mol. The van der Waals surface area contributed by atoms with Gasteiger partial charge in [-0.1, -0.05) is 12.1 Å². The minimum Gasteiger partial charge on any atom is -0.490 e. The molecule has 1 amide bonds. The van der Waals surface area contributed by atoms with Gasteiger partial charge in [-0.05, 0) is 82.1 Å². The Balaban J connectivity index is 1.66. The van der Waals surface area contributed by atoms with Gasteiger partial charge in [0.2, 0.25) is 11.6 Å². The van der Waals surface area contributed by atoms with Crippen molar-refractivity contribution in [3.63, 3.8) is 0 Å². The van der Waals surface area contributed by atoms with Crippen LogP contribution in [0.2, 0.25) is 0 Å². The van der Waals surface area contributed by atoms with Crippen molar-refractivity contribution in [3.05, 3.63) is 65.2 Å². The van der Waals surface area contributed by atoms with Crippen LogP contribution >= 0.6 is 0 Å². The fraction of sp³-hybridized carbons (Fsp3) is 0.286. The third kappa shape index (κ3) is 5.24. The number of rotatable bonds is 9. The van der Waals surface area contributed by atoms with Gasteiger partial charge in [-0.3, -0.25) is 4.79 Å². The molecule has 0 aliphatic carbocycles. The summed E-state index contributed by atoms with van der Waals surface area (Å²) in [7, 11) is 0. The molecule has 3 aromatic carbocycles. The Morgan fingerprint density at radius 3 is 2.23 bits per heavy atom. The number of nitrogens with zero attached hydrogens (tertiary/aromatic N) is 1. The number of benzene rings is 3. The number of hydrogen-bond donors (Lipinski definition) is 1. The number of nitrogens with one attached hydrogen (secondary N) is 1. The predicted molar refractivity (Wildman–Crippen MR) is 137 cm³/mol. The zero-order chi connectivity index (χ0) is 24.9. The summed E-state index contributed by atoms with van der Waals surface area (Å²) in [5.74, 6) is 1.65. The number of amides is 1. The summed E-state index contributed by atoms with van der Waals surface area (Å²) in [5, 5.41) is 3.01. The van der Waals surface area contributed by atoms with Gasteiger partial charge in [0.15, 0.2) is 17.1 Å². The van der Waals surface area contributed by atoms with E-state index in [2.05, 4.69) is 10.3 Å². The maximum atomic E-state index is 13.3. The van der Waals surface area contributed by atoms with Gasteiger partial charge in [-0.15, -0.1) is 0 Å². The molecule has 0 aliphatic rings. The van der Waals surface area contributed by atoms with Gasteiger partial charge < -0.3 is 23.9 Å². The SMILES string of the molecule is CCOc1cc(C(=O)Nc2cc(-c3nc4ccc(C)cc4o3)ccc2C)cc(OCC)c1OCC. The molecule has 0 fully saturated rings. The number of carbonyl (C=O) groups excluding carboxylic acids is 1. The molecule has 0 spiro atoms. The van der Waals surface area contributed by atoms with Gasteiger partial charge in [-0.25, -0.2) is 4.98 Å². The van der Waals surface area contributed by atoms with E-state index >= 15 is 0 Å². The van der Waals surface area contributed by atoms with Crippen LogP contribution in [-0.4, -0.2) is 30.7 Å². The lowest BCUT2D eigenvalue weighted by atomic mass is 10.1. The Labute approximate surface area is 205 Å². The number of hydrogen-bond acceptors (Lipinski definition) is 6. The van der Waals surface area contributed by atoms with E-state index in [1.807, 2.05) is 71.0 Å². The Kier molecular flexibility index (Phi) is 7.25. The zero-order valence-electron chi connectivity index (χ0n) is 20.7. The van der Waals surface area contributed by atoms with Gasteiger partial charge in [0.1, 0.15) is 5.52 Å². The molecule has 0 atom stereocenters. The fourth-order valence-electron chi connectivity index (χ4n) is 3.76. The molecule has 1 heterocycles. The molecule has 0 unspecified atom stereocenters. The van der Waals surface area contributed by atoms with E-state index in [-0.39, 0.29) is 5.91 Å². The van der Waals surface area contributed by atoms with Crippen LogP contribution in [-0.2, 0) is 0 Å². The summed E-state index contributed by atoms with van der Waals surface area (Å²) in [4.78, 5) is 17.9. The fourth-order valence-corrected chi connectivity index (χ4v) is 3.76. The van der Waals surface area contributed by atoms with Crippen molar-refractivity contribution in [2.75, 3.05) is 25.1 Å². The maximum absolute atomic E-state index is 13.3. The van der Waals surface area contributed by atoms with Crippen LogP contribution < -0.4 is 19.5 Å². The first-order chi connectivity index (χ1) is 16.9. The molecule has 0 radical (unpaired) electrons. The van der Waals surface area contributed by atoms with E-state index in [0.717, 1.165) is 27.8 Å². The van der Waals surface area contributed by atoms with E-state index in [0.29, 0.717) is 54.2 Å². The second-order valence-electron chi connectivity index (χ2n) is 8.07. The number of fused-ring (bicyclic) bond motifs is 1. The van der Waals surface area contributed by atoms with Gasteiger partial charge in [0, 0.05) is 16.8 Å². The normalized spacial score (nSPS) is 10.9. The summed E-state index contributed by atoms with van der Waals surface area (Å²) in [6, 6.07) is 15.0. The first-order valence-corrected chi connectivity index (χ1v) is 11.8. The first kappa shape index (κ1) is 24.1. The summed E-state index contributed by atoms with van der Waals surface area (Å²) >= 11 is 0. The quantitative estimate of drug-likeness (QED) is 0.296. The summed E-state index contributed by atoms with van der Waals surface area (Å²) < 4.78 is 23.2. The van der Waals surface area contributed by atoms with Crippen LogP contribution in [0.5, 0.6) is 17.2 Å². The molecule has 4 rings (SSSR count). The number of carbonyl (C=O) groups is 1. The van der Waals surface area contributed by atoms with E-state index in [4.69, 9.17) is 18.6 Å². The topological polar surface area (TPSA) is 82.8 Å². The molecule has 0 saturated heterocycles. The van der Waals surface area contributed by atoms with Crippen LogP contribution in [0.1, 0.15) is 42.3 Å². The highest BCUT2D eigenvalue weighted by molar-refractivity contribution is 6.05. The molecule has 0 aliphatic heterocycles. The number of oxazole rings is 1. The largest absolute Gasteiger partial charge is 0.490 e. The van der Waals surface area contributed by atoms with Crippen LogP contribution in [0.25, 0.3) is 22.6 Å². The second-order valence-corrected chi connectivity index (χ2v) is 8.07. The molecule has 1 aromatic heterocycles. The highest BCUT2D eigenvalue weighted by atomic mass is 16.5. The van der Waals surface area contributed by atoms with Crippen LogP contribution in [0.4, 0.5) is 5.69 Å². The van der Waals surface area contributed by atoms with Crippen molar-refractivity contribution in [1.82, 2.24) is 4.98 Å². The molecule has 0 saturated carbocycles. The predicted octanol–water partition coefficient (Wildman–Crippen LogP) is 6.56. The number of aryl methyl sites for hydroxylation is 2. The monoisotopic (exact) mass is 474 g/mol.